The lowest BCUT2D eigenvalue weighted by Gasteiger charge is -2.33. The molecule has 0 saturated carbocycles. The van der Waals surface area contributed by atoms with E-state index in [-0.39, 0.29) is 12.0 Å². The lowest BCUT2D eigenvalue weighted by atomic mass is 10.2. The summed E-state index contributed by atoms with van der Waals surface area (Å²) in [7, 11) is 0. The Labute approximate surface area is 160 Å². The van der Waals surface area contributed by atoms with Gasteiger partial charge in [-0.3, -0.25) is 14.7 Å². The monoisotopic (exact) mass is 369 g/mol. The standard InChI is InChI=1S/C20H27N5O2/c1-3-25(4-2)20(26)15-24-11-12-27-18(14-24)17-9-8-16(13-22-17)23-19-7-5-6-10-21-19/h5-10,13,18H,3-4,11-12,14-15H2,1-2H3,(H,21,23)/t18-/m0/s1. The quantitative estimate of drug-likeness (QED) is 0.808. The van der Waals surface area contributed by atoms with E-state index < -0.39 is 0 Å². The highest BCUT2D eigenvalue weighted by atomic mass is 16.5. The molecule has 2 aromatic heterocycles. The van der Waals surface area contributed by atoms with Crippen LogP contribution in [-0.2, 0) is 9.53 Å². The lowest BCUT2D eigenvalue weighted by molar-refractivity contribution is -0.134. The van der Waals surface area contributed by atoms with Crippen LogP contribution in [0.3, 0.4) is 0 Å². The number of likely N-dealkylation sites (N-methyl/N-ethyl adjacent to an activating group) is 1. The number of hydrogen-bond acceptors (Lipinski definition) is 6. The van der Waals surface area contributed by atoms with Gasteiger partial charge in [0.05, 0.1) is 30.7 Å². The van der Waals surface area contributed by atoms with Crippen LogP contribution < -0.4 is 5.32 Å². The summed E-state index contributed by atoms with van der Waals surface area (Å²) < 4.78 is 5.89. The molecular weight excluding hydrogens is 342 g/mol. The molecule has 7 nitrogen and oxygen atoms in total. The molecule has 1 fully saturated rings. The van der Waals surface area contributed by atoms with Crippen molar-refractivity contribution in [2.45, 2.75) is 20.0 Å². The van der Waals surface area contributed by atoms with Gasteiger partial charge in [-0.25, -0.2) is 4.98 Å². The van der Waals surface area contributed by atoms with Crippen molar-refractivity contribution in [2.75, 3.05) is 44.6 Å². The van der Waals surface area contributed by atoms with E-state index in [1.165, 1.54) is 0 Å². The van der Waals surface area contributed by atoms with E-state index in [0.29, 0.717) is 19.7 Å². The van der Waals surface area contributed by atoms with Gasteiger partial charge in [-0.2, -0.15) is 0 Å². The van der Waals surface area contributed by atoms with Crippen LogP contribution >= 0.6 is 0 Å². The van der Waals surface area contributed by atoms with E-state index >= 15 is 0 Å². The molecule has 0 radical (unpaired) electrons. The van der Waals surface area contributed by atoms with Crippen LogP contribution in [0.2, 0.25) is 0 Å². The van der Waals surface area contributed by atoms with Gasteiger partial charge >= 0.3 is 0 Å². The van der Waals surface area contributed by atoms with Crippen LogP contribution in [-0.4, -0.2) is 65.0 Å². The van der Waals surface area contributed by atoms with Crippen LogP contribution in [0.15, 0.2) is 42.7 Å². The number of amides is 1. The number of nitrogens with zero attached hydrogens (tertiary/aromatic N) is 4. The molecule has 7 heteroatoms. The number of nitrogens with one attached hydrogen (secondary N) is 1. The van der Waals surface area contributed by atoms with Crippen LogP contribution in [0.5, 0.6) is 0 Å². The first-order valence-corrected chi connectivity index (χ1v) is 9.45. The Kier molecular flexibility index (Phi) is 6.73. The largest absolute Gasteiger partial charge is 0.369 e. The third-order valence-electron chi connectivity index (χ3n) is 4.68. The van der Waals surface area contributed by atoms with Gasteiger partial charge in [0, 0.05) is 32.4 Å². The Morgan fingerprint density at radius 2 is 2.11 bits per heavy atom. The third-order valence-corrected chi connectivity index (χ3v) is 4.68. The number of carbonyl (C=O) groups is 1. The summed E-state index contributed by atoms with van der Waals surface area (Å²) in [4.78, 5) is 25.1. The van der Waals surface area contributed by atoms with Crippen molar-refractivity contribution in [3.63, 3.8) is 0 Å². The Bertz CT molecular complexity index is 719. The van der Waals surface area contributed by atoms with Crippen molar-refractivity contribution in [3.05, 3.63) is 48.4 Å². The second-order valence-electron chi connectivity index (χ2n) is 6.47. The minimum absolute atomic E-state index is 0.118. The highest BCUT2D eigenvalue weighted by molar-refractivity contribution is 5.78. The number of ether oxygens (including phenoxy) is 1. The van der Waals surface area contributed by atoms with E-state index in [2.05, 4.69) is 20.2 Å². The average Bonchev–Trinajstić information content (AvgIpc) is 2.70. The molecule has 1 saturated heterocycles. The Morgan fingerprint density at radius 1 is 1.26 bits per heavy atom. The molecule has 1 N–H and O–H groups in total. The van der Waals surface area contributed by atoms with E-state index in [9.17, 15) is 4.79 Å². The molecule has 1 aliphatic rings. The minimum atomic E-state index is -0.118. The molecule has 2 aromatic rings. The highest BCUT2D eigenvalue weighted by Gasteiger charge is 2.25. The second kappa shape index (κ2) is 9.43. The Balaban J connectivity index is 1.58. The maximum atomic E-state index is 12.3. The summed E-state index contributed by atoms with van der Waals surface area (Å²) in [6, 6.07) is 9.65. The van der Waals surface area contributed by atoms with Crippen molar-refractivity contribution < 1.29 is 9.53 Å². The van der Waals surface area contributed by atoms with Crippen LogP contribution in [0, 0.1) is 0 Å². The van der Waals surface area contributed by atoms with Gasteiger partial charge in [0.1, 0.15) is 11.9 Å². The van der Waals surface area contributed by atoms with Crippen molar-refractivity contribution in [1.82, 2.24) is 19.8 Å². The van der Waals surface area contributed by atoms with E-state index in [1.54, 1.807) is 12.4 Å². The molecule has 0 aromatic carbocycles. The van der Waals surface area contributed by atoms with Gasteiger partial charge in [-0.1, -0.05) is 6.07 Å². The van der Waals surface area contributed by atoms with Crippen molar-refractivity contribution in [3.8, 4) is 0 Å². The fraction of sp³-hybridized carbons (Fsp3) is 0.450. The zero-order chi connectivity index (χ0) is 19.1. The Hall–Kier alpha value is -2.51. The first-order chi connectivity index (χ1) is 13.2. The van der Waals surface area contributed by atoms with E-state index in [0.717, 1.165) is 36.8 Å². The molecule has 0 unspecified atom stereocenters. The third kappa shape index (κ3) is 5.24. The SMILES string of the molecule is CCN(CC)C(=O)CN1CCO[C@H](c2ccc(Nc3ccccn3)cn2)C1. The molecule has 0 aliphatic carbocycles. The number of rotatable bonds is 7. The maximum absolute atomic E-state index is 12.3. The summed E-state index contributed by atoms with van der Waals surface area (Å²) in [5.74, 6) is 0.950. The normalized spacial score (nSPS) is 17.5. The molecule has 144 valence electrons. The maximum Gasteiger partial charge on any atom is 0.236 e. The molecule has 0 spiro atoms. The van der Waals surface area contributed by atoms with Gasteiger partial charge in [0.25, 0.3) is 0 Å². The smallest absolute Gasteiger partial charge is 0.236 e. The van der Waals surface area contributed by atoms with Crippen LogP contribution in [0.1, 0.15) is 25.6 Å². The molecule has 1 aliphatic heterocycles. The van der Waals surface area contributed by atoms with Gasteiger partial charge in [0.2, 0.25) is 5.91 Å². The predicted molar refractivity (Wildman–Crippen MR) is 105 cm³/mol. The van der Waals surface area contributed by atoms with E-state index in [1.807, 2.05) is 49.1 Å². The lowest BCUT2D eigenvalue weighted by Crippen LogP contribution is -2.45. The summed E-state index contributed by atoms with van der Waals surface area (Å²) in [5.41, 5.74) is 1.75. The highest BCUT2D eigenvalue weighted by Crippen LogP contribution is 2.22. The molecule has 0 bridgehead atoms. The fourth-order valence-corrected chi connectivity index (χ4v) is 3.15. The van der Waals surface area contributed by atoms with Gasteiger partial charge < -0.3 is 15.0 Å². The van der Waals surface area contributed by atoms with Gasteiger partial charge in [-0.05, 0) is 38.1 Å². The number of carbonyl (C=O) groups excluding carboxylic acids is 1. The van der Waals surface area contributed by atoms with E-state index in [4.69, 9.17) is 4.74 Å². The van der Waals surface area contributed by atoms with Crippen LogP contribution in [0.4, 0.5) is 11.5 Å². The average molecular weight is 369 g/mol. The van der Waals surface area contributed by atoms with Crippen LogP contribution in [0.25, 0.3) is 0 Å². The van der Waals surface area contributed by atoms with Gasteiger partial charge in [-0.15, -0.1) is 0 Å². The number of aromatic nitrogens is 2. The summed E-state index contributed by atoms with van der Waals surface area (Å²) in [5, 5.41) is 3.22. The van der Waals surface area contributed by atoms with Crippen molar-refractivity contribution in [1.29, 1.82) is 0 Å². The number of hydrogen-bond donors (Lipinski definition) is 1. The first kappa shape index (κ1) is 19.3. The van der Waals surface area contributed by atoms with Crippen molar-refractivity contribution >= 4 is 17.4 Å². The zero-order valence-electron chi connectivity index (χ0n) is 16.0. The Morgan fingerprint density at radius 3 is 2.78 bits per heavy atom. The fourth-order valence-electron chi connectivity index (χ4n) is 3.15. The second-order valence-corrected chi connectivity index (χ2v) is 6.47. The van der Waals surface area contributed by atoms with Crippen molar-refractivity contribution in [2.24, 2.45) is 0 Å². The summed E-state index contributed by atoms with van der Waals surface area (Å²) in [6.07, 6.45) is 3.41. The van der Waals surface area contributed by atoms with Gasteiger partial charge in [0.15, 0.2) is 0 Å². The summed E-state index contributed by atoms with van der Waals surface area (Å²) in [6.45, 7) is 7.98. The molecule has 1 amide bonds. The number of anilines is 2. The number of morpholine rings is 1. The molecule has 3 rings (SSSR count). The molecule has 3 heterocycles. The topological polar surface area (TPSA) is 70.6 Å². The molecule has 1 atom stereocenters. The number of pyridine rings is 2. The first-order valence-electron chi connectivity index (χ1n) is 9.45. The molecular formula is C20H27N5O2. The minimum Gasteiger partial charge on any atom is -0.369 e. The predicted octanol–water partition coefficient (Wildman–Crippen LogP) is 2.46. The molecule has 27 heavy (non-hydrogen) atoms. The zero-order valence-corrected chi connectivity index (χ0v) is 16.0. The summed E-state index contributed by atoms with van der Waals surface area (Å²) >= 11 is 0.